The molecule has 1 unspecified atom stereocenters. The number of allylic oxidation sites excluding steroid dienone is 6. The van der Waals surface area contributed by atoms with Gasteiger partial charge in [0, 0.05) is 22.6 Å². The number of carbonyl (C=O) groups is 1. The Morgan fingerprint density at radius 2 is 1.74 bits per heavy atom. The van der Waals surface area contributed by atoms with Crippen molar-refractivity contribution in [2.75, 3.05) is 13.2 Å². The summed E-state index contributed by atoms with van der Waals surface area (Å²) in [7, 11) is 0. The average molecular weight is 465 g/mol. The van der Waals surface area contributed by atoms with E-state index in [0.717, 1.165) is 51.2 Å². The van der Waals surface area contributed by atoms with Gasteiger partial charge in [0.1, 0.15) is 11.5 Å². The van der Waals surface area contributed by atoms with Gasteiger partial charge in [-0.2, -0.15) is 0 Å². The smallest absolute Gasteiger partial charge is 0.156 e. The molecule has 0 fully saturated rings. The van der Waals surface area contributed by atoms with E-state index in [4.69, 9.17) is 9.47 Å². The van der Waals surface area contributed by atoms with Crippen LogP contribution in [0, 0.1) is 5.92 Å². The van der Waals surface area contributed by atoms with Gasteiger partial charge in [-0.25, -0.2) is 0 Å². The molecule has 0 aliphatic rings. The lowest BCUT2D eigenvalue weighted by Crippen LogP contribution is -2.19. The molecule has 1 rings (SSSR count). The molecule has 0 bridgehead atoms. The lowest BCUT2D eigenvalue weighted by molar-refractivity contribution is -0.113. The van der Waals surface area contributed by atoms with Crippen molar-refractivity contribution in [3.8, 4) is 5.75 Å². The van der Waals surface area contributed by atoms with Gasteiger partial charge in [-0.15, -0.1) is 0 Å². The standard InChI is InChI=1S/C31H44O3/c1-12-21(7)23(9)30(25(11)34-19-20(5)6)31(29(24(10)32)22(8)13-2)27-17-16-26(14-3)18-28(27)33-15-4/h12,14,16-18,20,31H,3,11,13,15,19H2,1-2,4-10H3/b21-12-,29-22-,30-23+. The van der Waals surface area contributed by atoms with Crippen LogP contribution in [-0.4, -0.2) is 19.0 Å². The van der Waals surface area contributed by atoms with Gasteiger partial charge >= 0.3 is 0 Å². The van der Waals surface area contributed by atoms with Crippen LogP contribution in [0.4, 0.5) is 0 Å². The normalized spacial score (nSPS) is 14.2. The number of Topliss-reactive ketones (excluding diaryl/α,β-unsaturated/α-hetero) is 1. The van der Waals surface area contributed by atoms with Crippen molar-refractivity contribution in [3.63, 3.8) is 0 Å². The predicted molar refractivity (Wildman–Crippen MR) is 146 cm³/mol. The largest absolute Gasteiger partial charge is 0.494 e. The Labute approximate surface area is 207 Å². The van der Waals surface area contributed by atoms with Crippen LogP contribution in [0.2, 0.25) is 0 Å². The van der Waals surface area contributed by atoms with E-state index in [2.05, 4.69) is 53.9 Å². The highest BCUT2D eigenvalue weighted by atomic mass is 16.5. The summed E-state index contributed by atoms with van der Waals surface area (Å²) in [5.74, 6) is 1.36. The summed E-state index contributed by atoms with van der Waals surface area (Å²) >= 11 is 0. The third kappa shape index (κ3) is 7.35. The Morgan fingerprint density at radius 1 is 1.09 bits per heavy atom. The molecule has 0 N–H and O–H groups in total. The number of benzene rings is 1. The van der Waals surface area contributed by atoms with Crippen molar-refractivity contribution in [1.82, 2.24) is 0 Å². The third-order valence-corrected chi connectivity index (χ3v) is 6.15. The lowest BCUT2D eigenvalue weighted by atomic mass is 9.76. The SMILES string of the molecule is C=Cc1ccc(C(/C(C(=C)OCC(C)C)=C(C)/C(C)=C\C)/C(C(C)=O)=C(/C)CC)c(OCC)c1. The topological polar surface area (TPSA) is 35.5 Å². The van der Waals surface area contributed by atoms with Crippen LogP contribution in [0.5, 0.6) is 5.75 Å². The fourth-order valence-electron chi connectivity index (χ4n) is 3.95. The second-order valence-electron chi connectivity index (χ2n) is 9.11. The van der Waals surface area contributed by atoms with E-state index >= 15 is 0 Å². The summed E-state index contributed by atoms with van der Waals surface area (Å²) in [6, 6.07) is 6.06. The maximum absolute atomic E-state index is 13.2. The zero-order chi connectivity index (χ0) is 26.0. The molecular formula is C31H44O3. The highest BCUT2D eigenvalue weighted by Gasteiger charge is 2.32. The first-order chi connectivity index (χ1) is 16.0. The predicted octanol–water partition coefficient (Wildman–Crippen LogP) is 8.60. The zero-order valence-electron chi connectivity index (χ0n) is 22.8. The maximum atomic E-state index is 13.2. The second-order valence-corrected chi connectivity index (χ2v) is 9.11. The molecular weight excluding hydrogens is 420 g/mol. The van der Waals surface area contributed by atoms with E-state index < -0.39 is 0 Å². The van der Waals surface area contributed by atoms with Crippen molar-refractivity contribution in [2.45, 2.75) is 74.7 Å². The molecule has 0 saturated carbocycles. The van der Waals surface area contributed by atoms with Crippen molar-refractivity contribution < 1.29 is 14.3 Å². The number of ether oxygens (including phenoxy) is 2. The van der Waals surface area contributed by atoms with Crippen LogP contribution in [0.25, 0.3) is 6.08 Å². The third-order valence-electron chi connectivity index (χ3n) is 6.15. The van der Waals surface area contributed by atoms with Crippen LogP contribution < -0.4 is 4.74 Å². The van der Waals surface area contributed by atoms with Crippen LogP contribution in [0.3, 0.4) is 0 Å². The Hall–Kier alpha value is -2.81. The van der Waals surface area contributed by atoms with Crippen LogP contribution in [0.15, 0.2) is 71.1 Å². The minimum atomic E-state index is -0.368. The first-order valence-corrected chi connectivity index (χ1v) is 12.3. The number of carbonyl (C=O) groups excluding carboxylic acids is 1. The monoisotopic (exact) mass is 464 g/mol. The average Bonchev–Trinajstić information content (AvgIpc) is 2.81. The maximum Gasteiger partial charge on any atom is 0.156 e. The number of rotatable bonds is 13. The van der Waals surface area contributed by atoms with E-state index in [-0.39, 0.29) is 11.7 Å². The summed E-state index contributed by atoms with van der Waals surface area (Å²) < 4.78 is 12.3. The quantitative estimate of drug-likeness (QED) is 0.166. The molecule has 0 aromatic heterocycles. The highest BCUT2D eigenvalue weighted by molar-refractivity contribution is 5.97. The van der Waals surface area contributed by atoms with Crippen molar-refractivity contribution in [2.24, 2.45) is 5.92 Å². The van der Waals surface area contributed by atoms with Crippen molar-refractivity contribution in [1.29, 1.82) is 0 Å². The van der Waals surface area contributed by atoms with E-state index in [1.54, 1.807) is 13.0 Å². The number of ketones is 1. The molecule has 1 atom stereocenters. The number of hydrogen-bond donors (Lipinski definition) is 0. The van der Waals surface area contributed by atoms with E-state index in [9.17, 15) is 4.79 Å². The van der Waals surface area contributed by atoms with E-state index in [1.165, 1.54) is 0 Å². The highest BCUT2D eigenvalue weighted by Crippen LogP contribution is 2.45. The van der Waals surface area contributed by atoms with Crippen LogP contribution >= 0.6 is 0 Å². The molecule has 0 aliphatic heterocycles. The Balaban J connectivity index is 4.15. The molecule has 34 heavy (non-hydrogen) atoms. The molecule has 1 aromatic rings. The summed E-state index contributed by atoms with van der Waals surface area (Å²) in [5.41, 5.74) is 6.80. The molecule has 0 radical (unpaired) electrons. The fraction of sp³-hybridized carbons (Fsp3) is 0.452. The molecule has 0 saturated heterocycles. The molecule has 0 amide bonds. The van der Waals surface area contributed by atoms with Crippen molar-refractivity contribution >= 4 is 11.9 Å². The summed E-state index contributed by atoms with van der Waals surface area (Å²) in [6.07, 6.45) is 4.65. The van der Waals surface area contributed by atoms with Gasteiger partial charge in [0.25, 0.3) is 0 Å². The molecule has 0 spiro atoms. The minimum Gasteiger partial charge on any atom is -0.494 e. The molecule has 0 aliphatic carbocycles. The fourth-order valence-corrected chi connectivity index (χ4v) is 3.95. The number of hydrogen-bond acceptors (Lipinski definition) is 3. The van der Waals surface area contributed by atoms with E-state index in [0.29, 0.717) is 24.9 Å². The summed E-state index contributed by atoms with van der Waals surface area (Å²) in [6.45, 7) is 27.5. The molecule has 3 heteroatoms. The minimum absolute atomic E-state index is 0.0414. The van der Waals surface area contributed by atoms with Gasteiger partial charge in [-0.05, 0) is 71.1 Å². The first-order valence-electron chi connectivity index (χ1n) is 12.3. The van der Waals surface area contributed by atoms with Gasteiger partial charge < -0.3 is 9.47 Å². The zero-order valence-corrected chi connectivity index (χ0v) is 22.8. The molecule has 186 valence electrons. The Kier molecular flexibility index (Phi) is 11.9. The summed E-state index contributed by atoms with van der Waals surface area (Å²) in [4.78, 5) is 13.2. The van der Waals surface area contributed by atoms with Gasteiger partial charge in [-0.1, -0.05) is 69.4 Å². The van der Waals surface area contributed by atoms with Crippen LogP contribution in [-0.2, 0) is 9.53 Å². The molecule has 3 nitrogen and oxygen atoms in total. The summed E-state index contributed by atoms with van der Waals surface area (Å²) in [5, 5.41) is 0. The Bertz CT molecular complexity index is 986. The molecule has 1 aromatic carbocycles. The first kappa shape index (κ1) is 29.2. The van der Waals surface area contributed by atoms with Gasteiger partial charge in [0.05, 0.1) is 13.2 Å². The van der Waals surface area contributed by atoms with E-state index in [1.807, 2.05) is 39.0 Å². The lowest BCUT2D eigenvalue weighted by Gasteiger charge is -2.30. The molecule has 0 heterocycles. The van der Waals surface area contributed by atoms with Gasteiger partial charge in [0.2, 0.25) is 0 Å². The Morgan fingerprint density at radius 3 is 2.21 bits per heavy atom. The van der Waals surface area contributed by atoms with Crippen molar-refractivity contribution in [3.05, 3.63) is 82.2 Å². The van der Waals surface area contributed by atoms with Gasteiger partial charge in [0.15, 0.2) is 5.78 Å². The van der Waals surface area contributed by atoms with Crippen LogP contribution in [0.1, 0.15) is 85.8 Å². The van der Waals surface area contributed by atoms with Gasteiger partial charge in [-0.3, -0.25) is 4.79 Å². The second kappa shape index (κ2) is 13.8.